The van der Waals surface area contributed by atoms with E-state index in [9.17, 15) is 22.0 Å². The predicted molar refractivity (Wildman–Crippen MR) is 116 cm³/mol. The maximum absolute atomic E-state index is 13.8. The van der Waals surface area contributed by atoms with Crippen LogP contribution < -0.4 is 10.0 Å². The van der Waals surface area contributed by atoms with E-state index < -0.39 is 33.6 Å². The fourth-order valence-corrected chi connectivity index (χ4v) is 4.76. The van der Waals surface area contributed by atoms with Crippen LogP contribution >= 0.6 is 0 Å². The molecule has 0 heterocycles. The van der Waals surface area contributed by atoms with E-state index >= 15 is 0 Å². The first-order chi connectivity index (χ1) is 15.3. The van der Waals surface area contributed by atoms with Crippen LogP contribution in [0.2, 0.25) is 0 Å². The Balaban J connectivity index is 1.59. The average molecular weight is 457 g/mol. The smallest absolute Gasteiger partial charge is 0.251 e. The standard InChI is InChI=1S/C24H22F2N2O3S/c25-19-7-1-4-16(12-19)13-23(17-5-2-8-20(26)14-17)27-24(29)18-6-3-9-22(15-18)32(30,31)28-21-10-11-21/h1-9,12,14-15,21,23,28H,10-11,13H2,(H,27,29). The van der Waals surface area contributed by atoms with E-state index in [1.54, 1.807) is 18.2 Å². The summed E-state index contributed by atoms with van der Waals surface area (Å²) in [6.45, 7) is 0. The predicted octanol–water partition coefficient (Wildman–Crippen LogP) is 4.12. The third-order valence-electron chi connectivity index (χ3n) is 5.19. The molecular weight excluding hydrogens is 434 g/mol. The van der Waals surface area contributed by atoms with Crippen molar-refractivity contribution in [1.82, 2.24) is 10.0 Å². The molecule has 0 saturated heterocycles. The zero-order chi connectivity index (χ0) is 22.7. The summed E-state index contributed by atoms with van der Waals surface area (Å²) in [5, 5.41) is 2.83. The second kappa shape index (κ2) is 9.18. The van der Waals surface area contributed by atoms with Gasteiger partial charge in [-0.25, -0.2) is 21.9 Å². The Morgan fingerprint density at radius 3 is 2.31 bits per heavy atom. The molecule has 0 aromatic heterocycles. The molecule has 1 aliphatic carbocycles. The van der Waals surface area contributed by atoms with Crippen molar-refractivity contribution in [1.29, 1.82) is 0 Å². The first kappa shape index (κ1) is 22.1. The molecule has 1 fully saturated rings. The quantitative estimate of drug-likeness (QED) is 0.536. The molecule has 3 aromatic carbocycles. The molecule has 1 unspecified atom stereocenters. The van der Waals surface area contributed by atoms with Crippen LogP contribution in [0.5, 0.6) is 0 Å². The molecular formula is C24H22F2N2O3S. The molecule has 0 bridgehead atoms. The lowest BCUT2D eigenvalue weighted by atomic mass is 9.98. The summed E-state index contributed by atoms with van der Waals surface area (Å²) in [5.74, 6) is -1.38. The molecule has 2 N–H and O–H groups in total. The van der Waals surface area contributed by atoms with Crippen LogP contribution in [0.15, 0.2) is 77.7 Å². The summed E-state index contributed by atoms with van der Waals surface area (Å²) in [6.07, 6.45) is 1.83. The number of nitrogens with one attached hydrogen (secondary N) is 2. The molecule has 1 amide bonds. The molecule has 166 valence electrons. The van der Waals surface area contributed by atoms with Gasteiger partial charge >= 0.3 is 0 Å². The number of rotatable bonds is 8. The van der Waals surface area contributed by atoms with Crippen molar-refractivity contribution in [3.8, 4) is 0 Å². The largest absolute Gasteiger partial charge is 0.345 e. The van der Waals surface area contributed by atoms with Gasteiger partial charge in [-0.1, -0.05) is 30.3 Å². The molecule has 0 radical (unpaired) electrons. The zero-order valence-electron chi connectivity index (χ0n) is 17.1. The van der Waals surface area contributed by atoms with Gasteiger partial charge in [-0.05, 0) is 72.9 Å². The number of carbonyl (C=O) groups excluding carboxylic acids is 1. The monoisotopic (exact) mass is 456 g/mol. The highest BCUT2D eigenvalue weighted by atomic mass is 32.2. The summed E-state index contributed by atoms with van der Waals surface area (Å²) >= 11 is 0. The van der Waals surface area contributed by atoms with Gasteiger partial charge in [0, 0.05) is 11.6 Å². The van der Waals surface area contributed by atoms with Crippen LogP contribution in [0.4, 0.5) is 8.78 Å². The Morgan fingerprint density at radius 1 is 0.938 bits per heavy atom. The van der Waals surface area contributed by atoms with Gasteiger partial charge in [0.2, 0.25) is 10.0 Å². The summed E-state index contributed by atoms with van der Waals surface area (Å²) in [4.78, 5) is 13.0. The Morgan fingerprint density at radius 2 is 1.62 bits per heavy atom. The molecule has 1 atom stereocenters. The topological polar surface area (TPSA) is 75.3 Å². The van der Waals surface area contributed by atoms with E-state index in [0.717, 1.165) is 12.8 Å². The van der Waals surface area contributed by atoms with E-state index in [1.807, 2.05) is 0 Å². The molecule has 1 saturated carbocycles. The van der Waals surface area contributed by atoms with Crippen molar-refractivity contribution in [2.75, 3.05) is 0 Å². The summed E-state index contributed by atoms with van der Waals surface area (Å²) in [7, 11) is -3.71. The van der Waals surface area contributed by atoms with Crippen molar-refractivity contribution in [3.63, 3.8) is 0 Å². The van der Waals surface area contributed by atoms with Gasteiger partial charge in [0.05, 0.1) is 10.9 Å². The van der Waals surface area contributed by atoms with E-state index in [-0.39, 0.29) is 22.9 Å². The summed E-state index contributed by atoms with van der Waals surface area (Å²) < 4.78 is 55.1. The minimum absolute atomic E-state index is 0.00415. The second-order valence-electron chi connectivity index (χ2n) is 7.84. The van der Waals surface area contributed by atoms with Crippen molar-refractivity contribution in [3.05, 3.63) is 101 Å². The number of hydrogen-bond donors (Lipinski definition) is 2. The Kier molecular flexibility index (Phi) is 6.34. The maximum Gasteiger partial charge on any atom is 0.251 e. The molecule has 32 heavy (non-hydrogen) atoms. The van der Waals surface area contributed by atoms with E-state index in [0.29, 0.717) is 11.1 Å². The van der Waals surface area contributed by atoms with Gasteiger partial charge in [-0.3, -0.25) is 4.79 Å². The number of halogens is 2. The van der Waals surface area contributed by atoms with Crippen LogP contribution in [-0.2, 0) is 16.4 Å². The van der Waals surface area contributed by atoms with Crippen LogP contribution in [0.3, 0.4) is 0 Å². The average Bonchev–Trinajstić information content (AvgIpc) is 3.57. The molecule has 0 spiro atoms. The molecule has 0 aliphatic heterocycles. The lowest BCUT2D eigenvalue weighted by molar-refractivity contribution is 0.0936. The second-order valence-corrected chi connectivity index (χ2v) is 9.55. The lowest BCUT2D eigenvalue weighted by Crippen LogP contribution is -2.30. The fourth-order valence-electron chi connectivity index (χ4n) is 3.41. The maximum atomic E-state index is 13.8. The van der Waals surface area contributed by atoms with Crippen LogP contribution in [0.1, 0.15) is 40.4 Å². The van der Waals surface area contributed by atoms with Crippen molar-refractivity contribution >= 4 is 15.9 Å². The highest BCUT2D eigenvalue weighted by Crippen LogP contribution is 2.24. The van der Waals surface area contributed by atoms with Crippen molar-refractivity contribution in [2.45, 2.75) is 36.2 Å². The number of benzene rings is 3. The fraction of sp³-hybridized carbons (Fsp3) is 0.208. The summed E-state index contributed by atoms with van der Waals surface area (Å²) in [6, 6.07) is 16.8. The third kappa shape index (κ3) is 5.57. The molecule has 8 heteroatoms. The Labute approximate surface area is 185 Å². The van der Waals surface area contributed by atoms with Crippen molar-refractivity contribution < 1.29 is 22.0 Å². The highest BCUT2D eigenvalue weighted by molar-refractivity contribution is 7.89. The van der Waals surface area contributed by atoms with Gasteiger partial charge in [0.1, 0.15) is 11.6 Å². The van der Waals surface area contributed by atoms with Crippen LogP contribution in [0, 0.1) is 11.6 Å². The highest BCUT2D eigenvalue weighted by Gasteiger charge is 2.28. The number of amides is 1. The van der Waals surface area contributed by atoms with Gasteiger partial charge in [0.25, 0.3) is 5.91 Å². The molecule has 3 aromatic rings. The minimum atomic E-state index is -3.71. The van der Waals surface area contributed by atoms with Crippen LogP contribution in [-0.4, -0.2) is 20.4 Å². The SMILES string of the molecule is O=C(NC(Cc1cccc(F)c1)c1cccc(F)c1)c1cccc(S(=O)(=O)NC2CC2)c1. The van der Waals surface area contributed by atoms with Crippen molar-refractivity contribution in [2.24, 2.45) is 0 Å². The third-order valence-corrected chi connectivity index (χ3v) is 6.71. The summed E-state index contributed by atoms with van der Waals surface area (Å²) in [5.41, 5.74) is 1.30. The van der Waals surface area contributed by atoms with Gasteiger partial charge in [-0.2, -0.15) is 0 Å². The Bertz CT molecular complexity index is 1240. The van der Waals surface area contributed by atoms with Gasteiger partial charge < -0.3 is 5.32 Å². The lowest BCUT2D eigenvalue weighted by Gasteiger charge is -2.20. The zero-order valence-corrected chi connectivity index (χ0v) is 17.9. The molecule has 1 aliphatic rings. The van der Waals surface area contributed by atoms with E-state index in [2.05, 4.69) is 10.0 Å². The number of carbonyl (C=O) groups is 1. The molecule has 4 rings (SSSR count). The number of sulfonamides is 1. The van der Waals surface area contributed by atoms with Gasteiger partial charge in [-0.15, -0.1) is 0 Å². The number of hydrogen-bond acceptors (Lipinski definition) is 3. The minimum Gasteiger partial charge on any atom is -0.345 e. The van der Waals surface area contributed by atoms with Gasteiger partial charge in [0.15, 0.2) is 0 Å². The first-order valence-corrected chi connectivity index (χ1v) is 11.7. The first-order valence-electron chi connectivity index (χ1n) is 10.2. The van der Waals surface area contributed by atoms with Crippen LogP contribution in [0.25, 0.3) is 0 Å². The normalized spacial score (nSPS) is 14.7. The molecule has 5 nitrogen and oxygen atoms in total. The Hall–Kier alpha value is -3.10. The van der Waals surface area contributed by atoms with E-state index in [1.165, 1.54) is 54.6 Å². The van der Waals surface area contributed by atoms with E-state index in [4.69, 9.17) is 0 Å².